The highest BCUT2D eigenvalue weighted by Crippen LogP contribution is 2.49. The van der Waals surface area contributed by atoms with Crippen LogP contribution >= 0.6 is 15.9 Å². The van der Waals surface area contributed by atoms with Crippen LogP contribution in [0.4, 0.5) is 0 Å². The Morgan fingerprint density at radius 3 is 2.46 bits per heavy atom. The molecule has 0 saturated heterocycles. The lowest BCUT2D eigenvalue weighted by molar-refractivity contribution is -0.164. The summed E-state index contributed by atoms with van der Waals surface area (Å²) < 4.78 is 5.96. The number of hydrogen-bond donors (Lipinski definition) is 1. The highest BCUT2D eigenvalue weighted by Gasteiger charge is 2.64. The number of halogens is 1. The van der Waals surface area contributed by atoms with Crippen molar-refractivity contribution < 1.29 is 24.2 Å². The summed E-state index contributed by atoms with van der Waals surface area (Å²) in [5.74, 6) is -1.78. The Hall–Kier alpha value is -2.05. The maximum atomic E-state index is 13.0. The van der Waals surface area contributed by atoms with Crippen molar-refractivity contribution in [3.05, 3.63) is 57.6 Å². The number of ketones is 2. The minimum absolute atomic E-state index is 0.115. The van der Waals surface area contributed by atoms with Gasteiger partial charge in [-0.1, -0.05) is 28.1 Å². The molecule has 2 aliphatic heterocycles. The summed E-state index contributed by atoms with van der Waals surface area (Å²) in [7, 11) is 0. The molecule has 0 fully saturated rings. The first-order valence-corrected chi connectivity index (χ1v) is 8.28. The van der Waals surface area contributed by atoms with E-state index in [1.54, 1.807) is 6.92 Å². The van der Waals surface area contributed by atoms with Gasteiger partial charge in [0.25, 0.3) is 0 Å². The summed E-state index contributed by atoms with van der Waals surface area (Å²) in [6, 6.07) is 7.33. The van der Waals surface area contributed by atoms with Gasteiger partial charge < -0.3 is 9.84 Å². The zero-order valence-electron chi connectivity index (χ0n) is 12.7. The summed E-state index contributed by atoms with van der Waals surface area (Å²) in [6.45, 7) is 1.56. The largest absolute Gasteiger partial charge is 0.450 e. The van der Waals surface area contributed by atoms with E-state index >= 15 is 0 Å². The third-order valence-corrected chi connectivity index (χ3v) is 5.47. The lowest BCUT2D eigenvalue weighted by Gasteiger charge is -2.36. The first-order valence-electron chi connectivity index (χ1n) is 7.49. The molecule has 0 saturated carbocycles. The minimum atomic E-state index is -2.14. The van der Waals surface area contributed by atoms with Gasteiger partial charge in [0.1, 0.15) is 6.10 Å². The molecule has 2 bridgehead atoms. The molecule has 0 aromatic heterocycles. The number of Topliss-reactive ketones (excluding diaryl/α,β-unsaturated/α-hetero) is 2. The molecule has 0 radical (unpaired) electrons. The van der Waals surface area contributed by atoms with Crippen molar-refractivity contribution in [2.24, 2.45) is 5.41 Å². The number of aliphatic hydroxyl groups is 1. The fourth-order valence-corrected chi connectivity index (χ4v) is 3.88. The maximum Gasteiger partial charge on any atom is 0.348 e. The quantitative estimate of drug-likeness (QED) is 0.473. The lowest BCUT2D eigenvalue weighted by atomic mass is 9.76. The highest BCUT2D eigenvalue weighted by molar-refractivity contribution is 9.10. The number of ether oxygens (including phenoxy) is 1. The molecule has 24 heavy (non-hydrogen) atoms. The van der Waals surface area contributed by atoms with Crippen molar-refractivity contribution in [3.63, 3.8) is 0 Å². The van der Waals surface area contributed by atoms with Crippen molar-refractivity contribution in [2.75, 3.05) is 0 Å². The van der Waals surface area contributed by atoms with E-state index in [1.165, 1.54) is 12.2 Å². The minimum Gasteiger partial charge on any atom is -0.450 e. The molecular weight excluding hydrogens is 376 g/mol. The van der Waals surface area contributed by atoms with Gasteiger partial charge in [-0.25, -0.2) is 4.79 Å². The van der Waals surface area contributed by atoms with Crippen LogP contribution < -0.4 is 0 Å². The van der Waals surface area contributed by atoms with E-state index in [9.17, 15) is 19.5 Å². The van der Waals surface area contributed by atoms with Crippen LogP contribution in [0.3, 0.4) is 0 Å². The molecule has 2 aliphatic carbocycles. The lowest BCUT2D eigenvalue weighted by Crippen LogP contribution is -2.51. The molecule has 3 unspecified atom stereocenters. The Morgan fingerprint density at radius 1 is 1.17 bits per heavy atom. The third-order valence-electron chi connectivity index (χ3n) is 4.94. The second-order valence-corrected chi connectivity index (χ2v) is 7.45. The van der Waals surface area contributed by atoms with Gasteiger partial charge in [-0.2, -0.15) is 0 Å². The normalized spacial score (nSPS) is 34.0. The fourth-order valence-electron chi connectivity index (χ4n) is 3.61. The fraction of sp³-hybridized carbons (Fsp3) is 0.278. The summed E-state index contributed by atoms with van der Waals surface area (Å²) in [4.78, 5) is 37.9. The molecule has 1 N–H and O–H groups in total. The van der Waals surface area contributed by atoms with Gasteiger partial charge in [0.15, 0.2) is 11.6 Å². The van der Waals surface area contributed by atoms with Crippen LogP contribution in [-0.4, -0.2) is 34.3 Å². The average Bonchev–Trinajstić information content (AvgIpc) is 2.75. The van der Waals surface area contributed by atoms with Gasteiger partial charge in [0.2, 0.25) is 5.60 Å². The number of rotatable bonds is 2. The second kappa shape index (κ2) is 4.74. The van der Waals surface area contributed by atoms with Gasteiger partial charge in [-0.15, -0.1) is 0 Å². The molecule has 6 heteroatoms. The molecule has 5 nitrogen and oxygen atoms in total. The maximum absolute atomic E-state index is 13.0. The summed E-state index contributed by atoms with van der Waals surface area (Å²) in [6.07, 6.45) is 2.02. The zero-order chi connectivity index (χ0) is 17.3. The Labute approximate surface area is 146 Å². The smallest absolute Gasteiger partial charge is 0.348 e. The van der Waals surface area contributed by atoms with Gasteiger partial charge >= 0.3 is 5.97 Å². The standard InChI is InChI=1S/C18H13BrO5/c1-17(8-9-2-4-10(19)5-3-9)14(20)12-11-6-7-18(23,16(22)24-11)13(12)15(17)21/h2-7,11,23H,8H2,1H3. The molecule has 122 valence electrons. The van der Waals surface area contributed by atoms with Crippen molar-refractivity contribution in [2.45, 2.75) is 25.0 Å². The second-order valence-electron chi connectivity index (χ2n) is 6.53. The van der Waals surface area contributed by atoms with E-state index in [-0.39, 0.29) is 23.4 Å². The van der Waals surface area contributed by atoms with Crippen molar-refractivity contribution in [3.8, 4) is 0 Å². The number of carbonyl (C=O) groups is 3. The van der Waals surface area contributed by atoms with E-state index in [0.717, 1.165) is 10.0 Å². The van der Waals surface area contributed by atoms with Crippen LogP contribution in [0.5, 0.6) is 0 Å². The van der Waals surface area contributed by atoms with Crippen LogP contribution in [0, 0.1) is 5.41 Å². The molecule has 3 atom stereocenters. The number of esters is 1. The Morgan fingerprint density at radius 2 is 1.83 bits per heavy atom. The Kier molecular flexibility index (Phi) is 3.06. The van der Waals surface area contributed by atoms with Crippen molar-refractivity contribution in [1.82, 2.24) is 0 Å². The zero-order valence-corrected chi connectivity index (χ0v) is 14.3. The molecule has 1 aromatic rings. The molecule has 4 aliphatic rings. The molecule has 0 amide bonds. The number of hydrogen-bond acceptors (Lipinski definition) is 5. The van der Waals surface area contributed by atoms with Crippen LogP contribution in [0.2, 0.25) is 0 Å². The van der Waals surface area contributed by atoms with Crippen molar-refractivity contribution in [1.29, 1.82) is 0 Å². The van der Waals surface area contributed by atoms with E-state index < -0.39 is 28.9 Å². The Balaban J connectivity index is 1.77. The molecule has 0 spiro atoms. The first-order chi connectivity index (χ1) is 11.3. The number of fused-ring (bicyclic) bond motifs is 1. The van der Waals surface area contributed by atoms with E-state index in [0.29, 0.717) is 0 Å². The van der Waals surface area contributed by atoms with E-state index in [4.69, 9.17) is 4.74 Å². The predicted molar refractivity (Wildman–Crippen MR) is 87.0 cm³/mol. The molecule has 2 heterocycles. The van der Waals surface area contributed by atoms with Crippen LogP contribution in [0.25, 0.3) is 0 Å². The molecular formula is C18H13BrO5. The monoisotopic (exact) mass is 388 g/mol. The first kappa shape index (κ1) is 15.5. The number of benzene rings is 1. The third kappa shape index (κ3) is 1.81. The summed E-state index contributed by atoms with van der Waals surface area (Å²) in [5.41, 5.74) is -2.67. The van der Waals surface area contributed by atoms with Crippen LogP contribution in [0.15, 0.2) is 52.0 Å². The highest BCUT2D eigenvalue weighted by atomic mass is 79.9. The van der Waals surface area contributed by atoms with Gasteiger partial charge in [-0.05, 0) is 43.2 Å². The molecule has 5 rings (SSSR count). The average molecular weight is 389 g/mol. The summed E-state index contributed by atoms with van der Waals surface area (Å²) >= 11 is 3.35. The van der Waals surface area contributed by atoms with Gasteiger partial charge in [-0.3, -0.25) is 9.59 Å². The topological polar surface area (TPSA) is 80.7 Å². The van der Waals surface area contributed by atoms with Crippen LogP contribution in [-0.2, 0) is 25.5 Å². The van der Waals surface area contributed by atoms with E-state index in [1.807, 2.05) is 24.3 Å². The molecule has 1 aromatic carbocycles. The van der Waals surface area contributed by atoms with Crippen LogP contribution in [0.1, 0.15) is 12.5 Å². The van der Waals surface area contributed by atoms with Crippen molar-refractivity contribution >= 4 is 33.5 Å². The number of carbonyl (C=O) groups excluding carboxylic acids is 3. The predicted octanol–water partition coefficient (Wildman–Crippen LogP) is 1.67. The van der Waals surface area contributed by atoms with E-state index in [2.05, 4.69) is 15.9 Å². The van der Waals surface area contributed by atoms with Gasteiger partial charge in [0.05, 0.1) is 16.6 Å². The summed E-state index contributed by atoms with van der Waals surface area (Å²) in [5, 5.41) is 10.6. The Bertz CT molecular complexity index is 866. The van der Waals surface area contributed by atoms with Gasteiger partial charge in [0, 0.05) is 4.47 Å². The SMILES string of the molecule is CC1(Cc2ccc(Br)cc2)C(=O)C2=C(C1=O)C1(O)C=CC2OC1=O.